The van der Waals surface area contributed by atoms with Crippen LogP contribution in [0.3, 0.4) is 0 Å². The van der Waals surface area contributed by atoms with Crippen LogP contribution in [-0.4, -0.2) is 69.6 Å². The number of rotatable bonds is 8. The first-order valence-electron chi connectivity index (χ1n) is 11.5. The van der Waals surface area contributed by atoms with E-state index in [0.29, 0.717) is 15.2 Å². The fourth-order valence-corrected chi connectivity index (χ4v) is 3.85. The first-order valence-corrected chi connectivity index (χ1v) is 11.9. The lowest BCUT2D eigenvalue weighted by Crippen LogP contribution is -2.37. The highest BCUT2D eigenvalue weighted by Gasteiger charge is 2.40. The van der Waals surface area contributed by atoms with E-state index in [2.05, 4.69) is 25.5 Å². The standard InChI is InChI=1S/C23H19ClF4N8O3/c24-13-5-3-12(4-6-13)20-33-35(22(39)34(20)9-17(37)23(26,27)28)10-18-30-11-36(32-18)16-2-1-7-29-19(16)21(38)31-15-8-14(15)25/h1-7,11,14-15,17,37H,8-10H2,(H,31,38). The lowest BCUT2D eigenvalue weighted by molar-refractivity contribution is -0.207. The quantitative estimate of drug-likeness (QED) is 0.312. The molecule has 1 aliphatic rings. The van der Waals surface area contributed by atoms with Crippen molar-refractivity contribution < 1.29 is 27.5 Å². The molecule has 0 saturated heterocycles. The predicted octanol–water partition coefficient (Wildman–Crippen LogP) is 2.15. The van der Waals surface area contributed by atoms with Crippen molar-refractivity contribution in [2.45, 2.75) is 44.0 Å². The van der Waals surface area contributed by atoms with Crippen molar-refractivity contribution in [2.75, 3.05) is 0 Å². The summed E-state index contributed by atoms with van der Waals surface area (Å²) >= 11 is 5.90. The van der Waals surface area contributed by atoms with Crippen molar-refractivity contribution in [3.8, 4) is 17.1 Å². The summed E-state index contributed by atoms with van der Waals surface area (Å²) in [6.07, 6.45) is -6.01. The Labute approximate surface area is 221 Å². The molecule has 1 amide bonds. The lowest BCUT2D eigenvalue weighted by atomic mass is 10.2. The number of pyridine rings is 1. The van der Waals surface area contributed by atoms with Crippen molar-refractivity contribution in [1.29, 1.82) is 0 Å². The third-order valence-corrected chi connectivity index (χ3v) is 6.12. The summed E-state index contributed by atoms with van der Waals surface area (Å²) in [5, 5.41) is 20.9. The number of aliphatic hydroxyl groups is 1. The second kappa shape index (κ2) is 10.2. The Bertz CT molecular complexity index is 1570. The molecule has 3 heterocycles. The molecule has 39 heavy (non-hydrogen) atoms. The second-order valence-electron chi connectivity index (χ2n) is 8.75. The minimum atomic E-state index is -4.96. The number of amides is 1. The van der Waals surface area contributed by atoms with E-state index in [4.69, 9.17) is 11.6 Å². The molecule has 1 saturated carbocycles. The van der Waals surface area contributed by atoms with Crippen molar-refractivity contribution >= 4 is 17.5 Å². The second-order valence-corrected chi connectivity index (χ2v) is 9.18. The Balaban J connectivity index is 1.44. The topological polar surface area (TPSA) is 133 Å². The van der Waals surface area contributed by atoms with Crippen LogP contribution in [0.2, 0.25) is 5.02 Å². The van der Waals surface area contributed by atoms with Gasteiger partial charge in [0.2, 0.25) is 0 Å². The zero-order valence-electron chi connectivity index (χ0n) is 19.8. The number of carbonyl (C=O) groups is 1. The van der Waals surface area contributed by atoms with Crippen molar-refractivity contribution in [1.82, 2.24) is 39.4 Å². The highest BCUT2D eigenvalue weighted by Crippen LogP contribution is 2.26. The van der Waals surface area contributed by atoms with Crippen LogP contribution in [0.15, 0.2) is 53.7 Å². The zero-order valence-corrected chi connectivity index (χ0v) is 20.5. The Morgan fingerprint density at radius 3 is 2.56 bits per heavy atom. The number of nitrogens with one attached hydrogen (secondary N) is 1. The third-order valence-electron chi connectivity index (χ3n) is 5.87. The van der Waals surface area contributed by atoms with Gasteiger partial charge < -0.3 is 10.4 Å². The fourth-order valence-electron chi connectivity index (χ4n) is 3.72. The van der Waals surface area contributed by atoms with Crippen molar-refractivity contribution in [3.63, 3.8) is 0 Å². The molecule has 0 spiro atoms. The van der Waals surface area contributed by atoms with Crippen LogP contribution in [0.4, 0.5) is 17.6 Å². The Morgan fingerprint density at radius 1 is 1.18 bits per heavy atom. The molecule has 3 aromatic heterocycles. The van der Waals surface area contributed by atoms with E-state index in [1.165, 1.54) is 47.5 Å². The first kappa shape index (κ1) is 26.5. The average molecular weight is 567 g/mol. The van der Waals surface area contributed by atoms with E-state index in [1.807, 2.05) is 0 Å². The van der Waals surface area contributed by atoms with Gasteiger partial charge in [-0.2, -0.15) is 13.2 Å². The number of halogens is 5. The average Bonchev–Trinajstić information content (AvgIpc) is 3.26. The molecule has 0 bridgehead atoms. The summed E-state index contributed by atoms with van der Waals surface area (Å²) in [7, 11) is 0. The van der Waals surface area contributed by atoms with E-state index in [1.54, 1.807) is 6.07 Å². The number of hydrogen-bond acceptors (Lipinski definition) is 7. The number of alkyl halides is 4. The maximum atomic E-state index is 13.2. The van der Waals surface area contributed by atoms with Crippen molar-refractivity contribution in [3.05, 3.63) is 75.9 Å². The summed E-state index contributed by atoms with van der Waals surface area (Å²) < 4.78 is 55.2. The summed E-state index contributed by atoms with van der Waals surface area (Å²) in [5.41, 5.74) is -0.440. The minimum absolute atomic E-state index is 0.0272. The molecule has 16 heteroatoms. The van der Waals surface area contributed by atoms with Crippen molar-refractivity contribution in [2.24, 2.45) is 0 Å². The van der Waals surface area contributed by atoms with E-state index >= 15 is 0 Å². The number of hydrogen-bond donors (Lipinski definition) is 2. The zero-order chi connectivity index (χ0) is 27.9. The van der Waals surface area contributed by atoms with E-state index in [9.17, 15) is 32.3 Å². The molecule has 4 aromatic rings. The smallest absolute Gasteiger partial charge is 0.382 e. The molecule has 1 fully saturated rings. The normalized spacial score (nSPS) is 17.7. The van der Waals surface area contributed by atoms with E-state index in [0.717, 1.165) is 4.68 Å². The molecule has 2 N–H and O–H groups in total. The highest BCUT2D eigenvalue weighted by atomic mass is 35.5. The number of benzene rings is 1. The van der Waals surface area contributed by atoms with Gasteiger partial charge in [-0.1, -0.05) is 11.6 Å². The van der Waals surface area contributed by atoms with Crippen LogP contribution in [0.25, 0.3) is 17.1 Å². The Kier molecular flexibility index (Phi) is 6.94. The summed E-state index contributed by atoms with van der Waals surface area (Å²) in [6.45, 7) is -1.42. The minimum Gasteiger partial charge on any atom is -0.382 e. The van der Waals surface area contributed by atoms with Gasteiger partial charge in [0.05, 0.1) is 18.3 Å². The third kappa shape index (κ3) is 5.68. The monoisotopic (exact) mass is 566 g/mol. The largest absolute Gasteiger partial charge is 0.416 e. The Morgan fingerprint density at radius 2 is 1.90 bits per heavy atom. The van der Waals surface area contributed by atoms with Crippen LogP contribution in [-0.2, 0) is 13.1 Å². The van der Waals surface area contributed by atoms with Gasteiger partial charge in [-0.3, -0.25) is 9.36 Å². The number of aromatic nitrogens is 7. The maximum Gasteiger partial charge on any atom is 0.416 e. The molecule has 0 radical (unpaired) electrons. The predicted molar refractivity (Wildman–Crippen MR) is 128 cm³/mol. The van der Waals surface area contributed by atoms with Gasteiger partial charge in [-0.15, -0.1) is 10.2 Å². The molecular formula is C23H19ClF4N8O3. The van der Waals surface area contributed by atoms with Gasteiger partial charge in [0, 0.05) is 23.2 Å². The molecule has 1 aromatic carbocycles. The molecule has 204 valence electrons. The summed E-state index contributed by atoms with van der Waals surface area (Å²) in [6, 6.07) is 8.42. The van der Waals surface area contributed by atoms with Gasteiger partial charge in [0.15, 0.2) is 23.4 Å². The van der Waals surface area contributed by atoms with Gasteiger partial charge >= 0.3 is 11.9 Å². The summed E-state index contributed by atoms with van der Waals surface area (Å²) in [4.78, 5) is 33.8. The fraction of sp³-hybridized carbons (Fsp3) is 0.304. The van der Waals surface area contributed by atoms with Gasteiger partial charge in [-0.05, 0) is 36.4 Å². The molecule has 5 rings (SSSR count). The molecule has 3 atom stereocenters. The molecule has 3 unspecified atom stereocenters. The van der Waals surface area contributed by atoms with Gasteiger partial charge in [0.25, 0.3) is 5.91 Å². The summed E-state index contributed by atoms with van der Waals surface area (Å²) in [5.74, 6) is -0.683. The highest BCUT2D eigenvalue weighted by molar-refractivity contribution is 6.30. The van der Waals surface area contributed by atoms with Gasteiger partial charge in [-0.25, -0.2) is 28.5 Å². The van der Waals surface area contributed by atoms with Gasteiger partial charge in [0.1, 0.15) is 19.0 Å². The lowest BCUT2D eigenvalue weighted by Gasteiger charge is -2.15. The number of carbonyl (C=O) groups excluding carboxylic acids is 1. The maximum absolute atomic E-state index is 13.2. The van der Waals surface area contributed by atoms with E-state index < -0.39 is 42.6 Å². The van der Waals surface area contributed by atoms with Crippen LogP contribution in [0.5, 0.6) is 0 Å². The van der Waals surface area contributed by atoms with Crippen LogP contribution < -0.4 is 11.0 Å². The van der Waals surface area contributed by atoms with E-state index in [-0.39, 0.29) is 36.0 Å². The Hall–Kier alpha value is -4.11. The SMILES string of the molecule is O=C(NC1CC1F)c1ncccc1-n1cnc(Cn2nc(-c3ccc(Cl)cc3)n(CC(O)C(F)(F)F)c2=O)n1. The molecular weight excluding hydrogens is 548 g/mol. The van der Waals surface area contributed by atoms with Crippen LogP contribution in [0.1, 0.15) is 22.7 Å². The number of nitrogens with zero attached hydrogens (tertiary/aromatic N) is 7. The first-order chi connectivity index (χ1) is 18.5. The van der Waals surface area contributed by atoms with Crippen LogP contribution in [0, 0.1) is 0 Å². The molecule has 0 aliphatic heterocycles. The van der Waals surface area contributed by atoms with Crippen LogP contribution >= 0.6 is 11.6 Å². The molecule has 1 aliphatic carbocycles. The number of aliphatic hydroxyl groups excluding tert-OH is 1. The molecule has 11 nitrogen and oxygen atoms in total.